The Kier molecular flexibility index (Phi) is 6.75. The van der Waals surface area contributed by atoms with Gasteiger partial charge in [0.05, 0.1) is 11.4 Å². The molecule has 0 bridgehead atoms. The van der Waals surface area contributed by atoms with Crippen molar-refractivity contribution in [2.75, 3.05) is 45.1 Å². The topological polar surface area (TPSA) is 73.0 Å². The molecular formula is C20H32N4O3S. The highest BCUT2D eigenvalue weighted by molar-refractivity contribution is 7.89. The number of nitrogens with one attached hydrogen (secondary N) is 1. The molecule has 1 aromatic rings. The maximum atomic E-state index is 13.1. The summed E-state index contributed by atoms with van der Waals surface area (Å²) in [6.07, 6.45) is 2.85. The van der Waals surface area contributed by atoms with Gasteiger partial charge in [0.15, 0.2) is 0 Å². The zero-order valence-corrected chi connectivity index (χ0v) is 17.9. The second-order valence-corrected chi connectivity index (χ2v) is 9.96. The van der Waals surface area contributed by atoms with Crippen molar-refractivity contribution in [1.82, 2.24) is 14.1 Å². The van der Waals surface area contributed by atoms with Gasteiger partial charge in [-0.1, -0.05) is 6.42 Å². The number of benzene rings is 1. The third-order valence-corrected chi connectivity index (χ3v) is 7.93. The van der Waals surface area contributed by atoms with Crippen LogP contribution in [0.5, 0.6) is 0 Å². The molecule has 2 aliphatic rings. The summed E-state index contributed by atoms with van der Waals surface area (Å²) in [5.41, 5.74) is 0.623. The molecule has 1 amide bonds. The molecule has 7 nitrogen and oxygen atoms in total. The van der Waals surface area contributed by atoms with Gasteiger partial charge in [0.25, 0.3) is 0 Å². The number of likely N-dealkylation sites (N-methyl/N-ethyl adjacent to an activating group) is 1. The fourth-order valence-electron chi connectivity index (χ4n) is 4.11. The average Bonchev–Trinajstić information content (AvgIpc) is 2.64. The smallest absolute Gasteiger partial charge is 0.243 e. The third-order valence-electron chi connectivity index (χ3n) is 5.79. The zero-order valence-electron chi connectivity index (χ0n) is 17.1. The Bertz CT molecular complexity index is 763. The number of amides is 1. The first-order valence-corrected chi connectivity index (χ1v) is 11.6. The van der Waals surface area contributed by atoms with Crippen molar-refractivity contribution in [3.05, 3.63) is 24.3 Å². The molecule has 2 saturated heterocycles. The number of nitrogens with zero attached hydrogens (tertiary/aromatic N) is 3. The van der Waals surface area contributed by atoms with Crippen molar-refractivity contribution < 1.29 is 13.2 Å². The van der Waals surface area contributed by atoms with E-state index in [2.05, 4.69) is 22.2 Å². The highest BCUT2D eigenvalue weighted by Gasteiger charge is 2.35. The highest BCUT2D eigenvalue weighted by atomic mass is 32.2. The summed E-state index contributed by atoms with van der Waals surface area (Å²) >= 11 is 0. The number of carbonyl (C=O) groups excluding carboxylic acids is 1. The molecule has 3 rings (SSSR count). The summed E-state index contributed by atoms with van der Waals surface area (Å²) in [6, 6.07) is 6.56. The van der Waals surface area contributed by atoms with Crippen LogP contribution in [0, 0.1) is 0 Å². The van der Waals surface area contributed by atoms with E-state index in [0.29, 0.717) is 12.2 Å². The van der Waals surface area contributed by atoms with Crippen molar-refractivity contribution in [3.8, 4) is 0 Å². The number of rotatable bonds is 5. The van der Waals surface area contributed by atoms with E-state index < -0.39 is 10.0 Å². The fraction of sp³-hybridized carbons (Fsp3) is 0.650. The molecule has 0 unspecified atom stereocenters. The molecule has 0 radical (unpaired) electrons. The summed E-state index contributed by atoms with van der Waals surface area (Å²) in [6.45, 7) is 8.00. The van der Waals surface area contributed by atoms with E-state index in [0.717, 1.165) is 45.4 Å². The zero-order chi connectivity index (χ0) is 20.3. The van der Waals surface area contributed by atoms with Crippen LogP contribution in [-0.2, 0) is 14.8 Å². The first-order chi connectivity index (χ1) is 13.3. The minimum Gasteiger partial charge on any atom is -0.325 e. The molecule has 0 aromatic heterocycles. The molecule has 0 spiro atoms. The summed E-state index contributed by atoms with van der Waals surface area (Å²) in [4.78, 5) is 16.9. The van der Waals surface area contributed by atoms with Crippen LogP contribution in [0.4, 0.5) is 5.69 Å². The Hall–Kier alpha value is -1.48. The number of piperazine rings is 1. The quantitative estimate of drug-likeness (QED) is 0.805. The predicted molar refractivity (Wildman–Crippen MR) is 111 cm³/mol. The minimum absolute atomic E-state index is 0.0108. The van der Waals surface area contributed by atoms with Crippen molar-refractivity contribution in [3.63, 3.8) is 0 Å². The molecule has 0 aliphatic carbocycles. The van der Waals surface area contributed by atoms with E-state index in [9.17, 15) is 13.2 Å². The van der Waals surface area contributed by atoms with Crippen molar-refractivity contribution in [1.29, 1.82) is 0 Å². The van der Waals surface area contributed by atoms with Crippen LogP contribution < -0.4 is 5.32 Å². The van der Waals surface area contributed by atoms with E-state index >= 15 is 0 Å². The fourth-order valence-corrected chi connectivity index (χ4v) is 5.99. The molecule has 2 aliphatic heterocycles. The van der Waals surface area contributed by atoms with Gasteiger partial charge in [-0.15, -0.1) is 0 Å². The number of carbonyl (C=O) groups is 1. The summed E-state index contributed by atoms with van der Waals surface area (Å²) in [7, 11) is -1.44. The normalized spacial score (nSPS) is 25.5. The second-order valence-electron chi connectivity index (χ2n) is 8.12. The van der Waals surface area contributed by atoms with E-state index in [-0.39, 0.29) is 22.9 Å². The maximum absolute atomic E-state index is 13.1. The molecule has 8 heteroatoms. The molecule has 1 aromatic carbocycles. The summed E-state index contributed by atoms with van der Waals surface area (Å²) < 4.78 is 27.8. The van der Waals surface area contributed by atoms with E-state index in [1.165, 1.54) is 0 Å². The van der Waals surface area contributed by atoms with Crippen LogP contribution in [0.25, 0.3) is 0 Å². The van der Waals surface area contributed by atoms with Crippen LogP contribution in [0.1, 0.15) is 33.1 Å². The molecular weight excluding hydrogens is 376 g/mol. The van der Waals surface area contributed by atoms with Gasteiger partial charge in [-0.05, 0) is 58.0 Å². The van der Waals surface area contributed by atoms with Gasteiger partial charge in [-0.2, -0.15) is 4.31 Å². The van der Waals surface area contributed by atoms with E-state index in [1.807, 2.05) is 13.8 Å². The number of hydrogen-bond acceptors (Lipinski definition) is 5. The Balaban J connectivity index is 1.62. The van der Waals surface area contributed by atoms with Crippen LogP contribution in [0.15, 0.2) is 29.2 Å². The number of sulfonamides is 1. The third kappa shape index (κ3) is 4.92. The van der Waals surface area contributed by atoms with Gasteiger partial charge in [0.2, 0.25) is 15.9 Å². The van der Waals surface area contributed by atoms with Gasteiger partial charge in [-0.25, -0.2) is 8.42 Å². The summed E-state index contributed by atoms with van der Waals surface area (Å²) in [5.74, 6) is -0.0709. The van der Waals surface area contributed by atoms with Crippen LogP contribution in [0.2, 0.25) is 0 Å². The molecule has 2 atom stereocenters. The predicted octanol–water partition coefficient (Wildman–Crippen LogP) is 1.82. The van der Waals surface area contributed by atoms with Crippen molar-refractivity contribution in [2.24, 2.45) is 0 Å². The van der Waals surface area contributed by atoms with Crippen LogP contribution in [-0.4, -0.2) is 80.3 Å². The lowest BCUT2D eigenvalue weighted by Crippen LogP contribution is -2.47. The lowest BCUT2D eigenvalue weighted by molar-refractivity contribution is -0.117. The largest absolute Gasteiger partial charge is 0.325 e. The Morgan fingerprint density at radius 1 is 1.04 bits per heavy atom. The average molecular weight is 409 g/mol. The van der Waals surface area contributed by atoms with E-state index in [1.54, 1.807) is 28.6 Å². The first kappa shape index (κ1) is 21.2. The van der Waals surface area contributed by atoms with Gasteiger partial charge >= 0.3 is 0 Å². The molecule has 0 saturated carbocycles. The van der Waals surface area contributed by atoms with Crippen LogP contribution >= 0.6 is 0 Å². The monoisotopic (exact) mass is 408 g/mol. The lowest BCUT2D eigenvalue weighted by Gasteiger charge is -2.37. The number of piperidine rings is 1. The van der Waals surface area contributed by atoms with Gasteiger partial charge < -0.3 is 10.2 Å². The van der Waals surface area contributed by atoms with Crippen LogP contribution in [0.3, 0.4) is 0 Å². The molecule has 156 valence electrons. The SMILES string of the molecule is C[C@@H]1CCC[C@H](C)N1S(=O)(=O)c1ccc(NC(=O)CN2CCN(C)CC2)cc1. The standard InChI is InChI=1S/C20H32N4O3S/c1-16-5-4-6-17(2)24(16)28(26,27)19-9-7-18(8-10-19)21-20(25)15-23-13-11-22(3)12-14-23/h7-10,16-17H,4-6,11-15H2,1-3H3,(H,21,25)/t16-,17+. The van der Waals surface area contributed by atoms with Crippen molar-refractivity contribution >= 4 is 21.6 Å². The minimum atomic E-state index is -3.53. The summed E-state index contributed by atoms with van der Waals surface area (Å²) in [5, 5.41) is 2.87. The number of hydrogen-bond donors (Lipinski definition) is 1. The van der Waals surface area contributed by atoms with Gasteiger partial charge in [0, 0.05) is 44.0 Å². The van der Waals surface area contributed by atoms with E-state index in [4.69, 9.17) is 0 Å². The molecule has 1 N–H and O–H groups in total. The second kappa shape index (κ2) is 8.90. The van der Waals surface area contributed by atoms with Crippen molar-refractivity contribution in [2.45, 2.75) is 50.1 Å². The highest BCUT2D eigenvalue weighted by Crippen LogP contribution is 2.29. The Morgan fingerprint density at radius 3 is 2.18 bits per heavy atom. The first-order valence-electron chi connectivity index (χ1n) is 10.1. The van der Waals surface area contributed by atoms with Gasteiger partial charge in [-0.3, -0.25) is 9.69 Å². The Labute approximate surface area is 168 Å². The van der Waals surface area contributed by atoms with Gasteiger partial charge in [0.1, 0.15) is 0 Å². The molecule has 2 fully saturated rings. The molecule has 2 heterocycles. The molecule has 28 heavy (non-hydrogen) atoms. The lowest BCUT2D eigenvalue weighted by atomic mass is 10.0. The maximum Gasteiger partial charge on any atom is 0.243 e. The Morgan fingerprint density at radius 2 is 1.61 bits per heavy atom. The number of anilines is 1.